The maximum Gasteiger partial charge on any atom is 0.304 e. The summed E-state index contributed by atoms with van der Waals surface area (Å²) in [6.45, 7) is 4.68. The molecule has 4 nitrogen and oxygen atoms in total. The third-order valence-corrected chi connectivity index (χ3v) is 5.83. The molecule has 0 radical (unpaired) electrons. The lowest BCUT2D eigenvalue weighted by Crippen LogP contribution is -2.30. The van der Waals surface area contributed by atoms with Gasteiger partial charge in [-0.3, -0.25) is 9.69 Å². The molecule has 1 aromatic carbocycles. The number of rotatable bonds is 7. The van der Waals surface area contributed by atoms with Gasteiger partial charge in [0, 0.05) is 19.6 Å². The first-order chi connectivity index (χ1) is 12.6. The molecule has 3 rings (SSSR count). The Morgan fingerprint density at radius 2 is 1.92 bits per heavy atom. The fourth-order valence-electron chi connectivity index (χ4n) is 4.03. The summed E-state index contributed by atoms with van der Waals surface area (Å²) >= 11 is 0. The van der Waals surface area contributed by atoms with E-state index in [-0.39, 0.29) is 6.42 Å². The van der Waals surface area contributed by atoms with Crippen LogP contribution in [0.15, 0.2) is 30.3 Å². The third kappa shape index (κ3) is 5.34. The van der Waals surface area contributed by atoms with Gasteiger partial charge in [-0.15, -0.1) is 0 Å². The Balaban J connectivity index is 1.49. The van der Waals surface area contributed by atoms with Crippen LogP contribution in [0, 0.1) is 5.92 Å². The van der Waals surface area contributed by atoms with Crippen molar-refractivity contribution < 1.29 is 14.6 Å². The number of hydrogen-bond donors (Lipinski definition) is 1. The van der Waals surface area contributed by atoms with Gasteiger partial charge in [-0.2, -0.15) is 0 Å². The first kappa shape index (κ1) is 19.0. The number of aliphatic carboxylic acids is 1. The molecule has 4 heteroatoms. The topological polar surface area (TPSA) is 49.8 Å². The molecule has 1 saturated carbocycles. The van der Waals surface area contributed by atoms with E-state index in [2.05, 4.69) is 42.2 Å². The van der Waals surface area contributed by atoms with Gasteiger partial charge in [-0.05, 0) is 61.3 Å². The first-order valence-corrected chi connectivity index (χ1v) is 10.0. The van der Waals surface area contributed by atoms with E-state index >= 15 is 0 Å². The summed E-state index contributed by atoms with van der Waals surface area (Å²) in [6.07, 6.45) is 10.0. The highest BCUT2D eigenvalue weighted by atomic mass is 16.5. The van der Waals surface area contributed by atoms with Crippen LogP contribution in [0.1, 0.15) is 57.4 Å². The fraction of sp³-hybridized carbons (Fsp3) is 0.591. The van der Waals surface area contributed by atoms with Crippen LogP contribution in [0.5, 0.6) is 5.75 Å². The van der Waals surface area contributed by atoms with Gasteiger partial charge in [0.15, 0.2) is 0 Å². The van der Waals surface area contributed by atoms with Crippen LogP contribution in [0.2, 0.25) is 0 Å². The maximum absolute atomic E-state index is 10.7. The van der Waals surface area contributed by atoms with Crippen LogP contribution in [-0.2, 0) is 4.79 Å². The molecule has 0 saturated heterocycles. The first-order valence-electron chi connectivity index (χ1n) is 10.0. The highest BCUT2D eigenvalue weighted by molar-refractivity contribution is 5.68. The van der Waals surface area contributed by atoms with Crippen LogP contribution in [0.3, 0.4) is 0 Å². The Kier molecular flexibility index (Phi) is 6.73. The summed E-state index contributed by atoms with van der Waals surface area (Å²) < 4.78 is 6.18. The second-order valence-electron chi connectivity index (χ2n) is 7.62. The van der Waals surface area contributed by atoms with Crippen LogP contribution in [0.25, 0.3) is 5.57 Å². The van der Waals surface area contributed by atoms with Crippen molar-refractivity contribution in [2.75, 3.05) is 19.6 Å². The molecule has 1 heterocycles. The molecule has 0 unspecified atom stereocenters. The van der Waals surface area contributed by atoms with E-state index in [0.29, 0.717) is 12.6 Å². The number of hydrogen-bond acceptors (Lipinski definition) is 3. The van der Waals surface area contributed by atoms with Gasteiger partial charge in [-0.1, -0.05) is 31.6 Å². The molecule has 0 bridgehead atoms. The molecule has 0 spiro atoms. The predicted molar refractivity (Wildman–Crippen MR) is 104 cm³/mol. The van der Waals surface area contributed by atoms with Crippen molar-refractivity contribution in [3.63, 3.8) is 0 Å². The Labute approximate surface area is 156 Å². The molecule has 1 fully saturated rings. The average molecular weight is 357 g/mol. The van der Waals surface area contributed by atoms with E-state index in [4.69, 9.17) is 9.84 Å². The van der Waals surface area contributed by atoms with E-state index in [9.17, 15) is 4.79 Å². The molecular formula is C22H31NO3. The summed E-state index contributed by atoms with van der Waals surface area (Å²) in [5, 5.41) is 8.79. The second-order valence-corrected chi connectivity index (χ2v) is 7.62. The SMILES string of the molecule is CC[C@H]1CC[C@@H](Oc2ccc(C3=CCN(CCC(=O)O)CC3)cc2)CC1. The summed E-state index contributed by atoms with van der Waals surface area (Å²) in [6, 6.07) is 8.51. The number of carboxylic acid groups (broad SMARTS) is 1. The zero-order chi connectivity index (χ0) is 18.4. The summed E-state index contributed by atoms with van der Waals surface area (Å²) in [5.41, 5.74) is 2.61. The standard InChI is InChI=1S/C22H31NO3/c1-2-17-3-7-20(8-4-17)26-21-9-5-18(6-10-21)19-11-14-23(15-12-19)16-13-22(24)25/h5-6,9-11,17,20H,2-4,7-8,12-16H2,1H3,(H,24,25)/t17-,20+. The van der Waals surface area contributed by atoms with Crippen molar-refractivity contribution in [3.05, 3.63) is 35.9 Å². The van der Waals surface area contributed by atoms with Crippen molar-refractivity contribution in [1.82, 2.24) is 4.90 Å². The van der Waals surface area contributed by atoms with Crippen molar-refractivity contribution in [2.45, 2.75) is 58.0 Å². The lowest BCUT2D eigenvalue weighted by Gasteiger charge is -2.28. The molecule has 26 heavy (non-hydrogen) atoms. The van der Waals surface area contributed by atoms with Crippen molar-refractivity contribution >= 4 is 11.5 Å². The number of carbonyl (C=O) groups is 1. The summed E-state index contributed by atoms with van der Waals surface area (Å²) in [5.74, 6) is 1.15. The monoisotopic (exact) mass is 357 g/mol. The average Bonchev–Trinajstić information content (AvgIpc) is 2.68. The number of benzene rings is 1. The fourth-order valence-corrected chi connectivity index (χ4v) is 4.03. The van der Waals surface area contributed by atoms with Crippen LogP contribution < -0.4 is 4.74 Å². The molecule has 2 aliphatic rings. The second kappa shape index (κ2) is 9.22. The molecule has 0 atom stereocenters. The number of carboxylic acids is 1. The predicted octanol–water partition coefficient (Wildman–Crippen LogP) is 4.60. The van der Waals surface area contributed by atoms with Gasteiger partial charge in [0.25, 0.3) is 0 Å². The van der Waals surface area contributed by atoms with Crippen molar-refractivity contribution in [1.29, 1.82) is 0 Å². The maximum atomic E-state index is 10.7. The molecule has 1 aliphatic heterocycles. The van der Waals surface area contributed by atoms with Gasteiger partial charge in [0.05, 0.1) is 12.5 Å². The zero-order valence-electron chi connectivity index (χ0n) is 15.8. The number of ether oxygens (including phenoxy) is 1. The van der Waals surface area contributed by atoms with Gasteiger partial charge in [-0.25, -0.2) is 0 Å². The minimum Gasteiger partial charge on any atom is -0.490 e. The summed E-state index contributed by atoms with van der Waals surface area (Å²) in [4.78, 5) is 12.9. The van der Waals surface area contributed by atoms with Crippen molar-refractivity contribution in [2.24, 2.45) is 5.92 Å². The minimum atomic E-state index is -0.724. The van der Waals surface area contributed by atoms with E-state index in [0.717, 1.165) is 31.2 Å². The van der Waals surface area contributed by atoms with Gasteiger partial charge in [0.1, 0.15) is 5.75 Å². The Morgan fingerprint density at radius 3 is 2.50 bits per heavy atom. The smallest absolute Gasteiger partial charge is 0.304 e. The Bertz CT molecular complexity index is 615. The Morgan fingerprint density at radius 1 is 1.19 bits per heavy atom. The molecular weight excluding hydrogens is 326 g/mol. The van der Waals surface area contributed by atoms with E-state index in [1.54, 1.807) is 0 Å². The molecule has 0 amide bonds. The highest BCUT2D eigenvalue weighted by Gasteiger charge is 2.21. The van der Waals surface area contributed by atoms with E-state index in [1.165, 1.54) is 43.2 Å². The lowest BCUT2D eigenvalue weighted by molar-refractivity contribution is -0.137. The highest BCUT2D eigenvalue weighted by Crippen LogP contribution is 2.30. The minimum absolute atomic E-state index is 0.218. The van der Waals surface area contributed by atoms with Crippen molar-refractivity contribution in [3.8, 4) is 5.75 Å². The van der Waals surface area contributed by atoms with Gasteiger partial charge in [0.2, 0.25) is 0 Å². The molecule has 1 aromatic rings. The molecule has 1 N–H and O–H groups in total. The molecule has 142 valence electrons. The van der Waals surface area contributed by atoms with Crippen LogP contribution >= 0.6 is 0 Å². The molecule has 0 aromatic heterocycles. The normalized spacial score (nSPS) is 24.1. The lowest BCUT2D eigenvalue weighted by atomic mass is 9.86. The number of nitrogens with zero attached hydrogens (tertiary/aromatic N) is 1. The van der Waals surface area contributed by atoms with Crippen LogP contribution in [-0.4, -0.2) is 41.7 Å². The van der Waals surface area contributed by atoms with E-state index < -0.39 is 5.97 Å². The largest absolute Gasteiger partial charge is 0.490 e. The van der Waals surface area contributed by atoms with Gasteiger partial charge < -0.3 is 9.84 Å². The van der Waals surface area contributed by atoms with E-state index in [1.807, 2.05) is 0 Å². The zero-order valence-corrected chi connectivity index (χ0v) is 15.8. The van der Waals surface area contributed by atoms with Crippen LogP contribution in [0.4, 0.5) is 0 Å². The third-order valence-electron chi connectivity index (χ3n) is 5.83. The summed E-state index contributed by atoms with van der Waals surface area (Å²) in [7, 11) is 0. The van der Waals surface area contributed by atoms with Gasteiger partial charge >= 0.3 is 5.97 Å². The quantitative estimate of drug-likeness (QED) is 0.775. The Hall–Kier alpha value is -1.81. The molecule has 1 aliphatic carbocycles.